The van der Waals surface area contributed by atoms with E-state index in [4.69, 9.17) is 10.00 Å². The second-order valence-corrected chi connectivity index (χ2v) is 3.05. The van der Waals surface area contributed by atoms with Gasteiger partial charge in [-0.05, 0) is 26.7 Å². The van der Waals surface area contributed by atoms with Crippen LogP contribution in [-0.4, -0.2) is 12.2 Å². The summed E-state index contributed by atoms with van der Waals surface area (Å²) in [6, 6.07) is 2.28. The van der Waals surface area contributed by atoms with Crippen LogP contribution in [0.3, 0.4) is 0 Å². The molecule has 0 aliphatic carbocycles. The van der Waals surface area contributed by atoms with Crippen LogP contribution >= 0.6 is 0 Å². The quantitative estimate of drug-likeness (QED) is 0.512. The minimum Gasteiger partial charge on any atom is -0.375 e. The molecule has 1 fully saturated rings. The predicted octanol–water partition coefficient (Wildman–Crippen LogP) is 1.71. The van der Waals surface area contributed by atoms with Crippen LogP contribution in [-0.2, 0) is 4.74 Å². The first kappa shape index (κ1) is 7.56. The van der Waals surface area contributed by atoms with Gasteiger partial charge in [-0.2, -0.15) is 5.26 Å². The van der Waals surface area contributed by atoms with Crippen molar-refractivity contribution >= 4 is 0 Å². The van der Waals surface area contributed by atoms with Crippen LogP contribution in [0.2, 0.25) is 0 Å². The summed E-state index contributed by atoms with van der Waals surface area (Å²) in [6.45, 7) is 4.06. The lowest BCUT2D eigenvalue weighted by Gasteiger charge is -2.28. The summed E-state index contributed by atoms with van der Waals surface area (Å²) in [7, 11) is 0. The Labute approximate surface area is 61.8 Å². The van der Waals surface area contributed by atoms with Gasteiger partial charge >= 0.3 is 0 Å². The normalized spacial score (nSPS) is 40.7. The highest BCUT2D eigenvalue weighted by Gasteiger charge is 2.23. The van der Waals surface area contributed by atoms with Gasteiger partial charge in [0.1, 0.15) is 0 Å². The third-order valence-electron chi connectivity index (χ3n) is 1.88. The van der Waals surface area contributed by atoms with Crippen molar-refractivity contribution in [3.8, 4) is 6.07 Å². The lowest BCUT2D eigenvalue weighted by molar-refractivity contribution is -0.0422. The highest BCUT2D eigenvalue weighted by atomic mass is 16.5. The van der Waals surface area contributed by atoms with E-state index in [1.807, 2.05) is 13.8 Å². The Morgan fingerprint density at radius 2 is 1.80 bits per heavy atom. The van der Waals surface area contributed by atoms with Crippen molar-refractivity contribution in [3.05, 3.63) is 0 Å². The van der Waals surface area contributed by atoms with E-state index in [2.05, 4.69) is 6.07 Å². The van der Waals surface area contributed by atoms with E-state index in [-0.39, 0.29) is 18.1 Å². The molecule has 1 heterocycles. The van der Waals surface area contributed by atoms with E-state index in [1.54, 1.807) is 0 Å². The maximum atomic E-state index is 8.62. The molecule has 2 unspecified atom stereocenters. The maximum Gasteiger partial charge on any atom is 0.0657 e. The van der Waals surface area contributed by atoms with Crippen molar-refractivity contribution in [2.24, 2.45) is 5.92 Å². The number of ether oxygens (including phenoxy) is 1. The Morgan fingerprint density at radius 1 is 1.30 bits per heavy atom. The van der Waals surface area contributed by atoms with Crippen molar-refractivity contribution in [2.45, 2.75) is 38.9 Å². The van der Waals surface area contributed by atoms with Gasteiger partial charge in [-0.25, -0.2) is 0 Å². The zero-order valence-electron chi connectivity index (χ0n) is 6.50. The molecule has 0 bridgehead atoms. The van der Waals surface area contributed by atoms with Crippen LogP contribution in [0.25, 0.3) is 0 Å². The summed E-state index contributed by atoms with van der Waals surface area (Å²) < 4.78 is 5.47. The van der Waals surface area contributed by atoms with Gasteiger partial charge in [-0.3, -0.25) is 0 Å². The topological polar surface area (TPSA) is 33.0 Å². The first-order valence-electron chi connectivity index (χ1n) is 3.77. The minimum atomic E-state index is 0.221. The molecule has 1 aliphatic heterocycles. The van der Waals surface area contributed by atoms with E-state index in [9.17, 15) is 0 Å². The molecule has 0 aromatic rings. The Balaban J connectivity index is 2.44. The van der Waals surface area contributed by atoms with Gasteiger partial charge in [-0.1, -0.05) is 0 Å². The van der Waals surface area contributed by atoms with Crippen LogP contribution in [0.1, 0.15) is 26.7 Å². The largest absolute Gasteiger partial charge is 0.375 e. The summed E-state index contributed by atoms with van der Waals surface area (Å²) in [5.41, 5.74) is 0. The SMILES string of the molecule is CC1CC(C#N)CC(C)O1. The first-order valence-corrected chi connectivity index (χ1v) is 3.77. The third-order valence-corrected chi connectivity index (χ3v) is 1.88. The monoisotopic (exact) mass is 139 g/mol. The molecule has 2 atom stereocenters. The lowest BCUT2D eigenvalue weighted by atomic mass is 9.94. The average Bonchev–Trinajstić information content (AvgIpc) is 1.85. The fourth-order valence-corrected chi connectivity index (χ4v) is 1.51. The highest BCUT2D eigenvalue weighted by molar-refractivity contribution is 4.88. The van der Waals surface area contributed by atoms with Gasteiger partial charge in [0.25, 0.3) is 0 Å². The van der Waals surface area contributed by atoms with Crippen LogP contribution in [0.5, 0.6) is 0 Å². The van der Waals surface area contributed by atoms with Gasteiger partial charge in [0, 0.05) is 0 Å². The summed E-state index contributed by atoms with van der Waals surface area (Å²) in [5.74, 6) is 0.221. The summed E-state index contributed by atoms with van der Waals surface area (Å²) in [4.78, 5) is 0. The third kappa shape index (κ3) is 1.71. The van der Waals surface area contributed by atoms with Gasteiger partial charge in [0.05, 0.1) is 24.2 Å². The van der Waals surface area contributed by atoms with Gasteiger partial charge in [-0.15, -0.1) is 0 Å². The van der Waals surface area contributed by atoms with Crippen molar-refractivity contribution in [1.29, 1.82) is 5.26 Å². The molecule has 0 spiro atoms. The lowest BCUT2D eigenvalue weighted by Crippen LogP contribution is -2.28. The zero-order valence-corrected chi connectivity index (χ0v) is 6.50. The standard InChI is InChI=1S/C8H13NO/c1-6-3-8(5-9)4-7(2)10-6/h6-8H,3-4H2,1-2H3. The van der Waals surface area contributed by atoms with E-state index in [0.717, 1.165) is 12.8 Å². The second kappa shape index (κ2) is 3.03. The number of hydrogen-bond donors (Lipinski definition) is 0. The molecule has 1 saturated heterocycles. The molecule has 2 heteroatoms. The number of hydrogen-bond acceptors (Lipinski definition) is 2. The fourth-order valence-electron chi connectivity index (χ4n) is 1.51. The van der Waals surface area contributed by atoms with Crippen molar-refractivity contribution in [1.82, 2.24) is 0 Å². The molecule has 0 amide bonds. The van der Waals surface area contributed by atoms with Crippen LogP contribution in [0, 0.1) is 17.2 Å². The highest BCUT2D eigenvalue weighted by Crippen LogP contribution is 2.23. The van der Waals surface area contributed by atoms with E-state index in [1.165, 1.54) is 0 Å². The van der Waals surface area contributed by atoms with E-state index >= 15 is 0 Å². The maximum absolute atomic E-state index is 8.62. The Morgan fingerprint density at radius 3 is 2.20 bits per heavy atom. The van der Waals surface area contributed by atoms with Crippen molar-refractivity contribution in [2.75, 3.05) is 0 Å². The predicted molar refractivity (Wildman–Crippen MR) is 38.3 cm³/mol. The fraction of sp³-hybridized carbons (Fsp3) is 0.875. The summed E-state index contributed by atoms with van der Waals surface area (Å²) >= 11 is 0. The number of nitriles is 1. The molecule has 56 valence electrons. The van der Waals surface area contributed by atoms with Crippen molar-refractivity contribution in [3.63, 3.8) is 0 Å². The Hall–Kier alpha value is -0.550. The molecule has 0 aromatic carbocycles. The van der Waals surface area contributed by atoms with Crippen LogP contribution in [0.15, 0.2) is 0 Å². The molecule has 0 aromatic heterocycles. The summed E-state index contributed by atoms with van der Waals surface area (Å²) in [6.07, 6.45) is 2.35. The van der Waals surface area contributed by atoms with Crippen LogP contribution in [0.4, 0.5) is 0 Å². The molecular weight excluding hydrogens is 126 g/mol. The molecular formula is C8H13NO. The number of nitrogens with zero attached hydrogens (tertiary/aromatic N) is 1. The zero-order chi connectivity index (χ0) is 7.56. The average molecular weight is 139 g/mol. The molecule has 1 aliphatic rings. The smallest absolute Gasteiger partial charge is 0.0657 e. The molecule has 10 heavy (non-hydrogen) atoms. The Bertz CT molecular complexity index is 140. The van der Waals surface area contributed by atoms with Crippen molar-refractivity contribution < 1.29 is 4.74 Å². The van der Waals surface area contributed by atoms with E-state index in [0.29, 0.717) is 0 Å². The molecule has 0 saturated carbocycles. The minimum absolute atomic E-state index is 0.221. The first-order chi connectivity index (χ1) is 4.72. The molecule has 0 radical (unpaired) electrons. The number of rotatable bonds is 0. The second-order valence-electron chi connectivity index (χ2n) is 3.05. The molecule has 0 N–H and O–H groups in total. The van der Waals surface area contributed by atoms with Gasteiger partial charge in [0.2, 0.25) is 0 Å². The van der Waals surface area contributed by atoms with Gasteiger partial charge < -0.3 is 4.74 Å². The molecule has 1 rings (SSSR count). The van der Waals surface area contributed by atoms with Crippen LogP contribution < -0.4 is 0 Å². The summed E-state index contributed by atoms with van der Waals surface area (Å²) in [5, 5.41) is 8.62. The molecule has 2 nitrogen and oxygen atoms in total. The van der Waals surface area contributed by atoms with E-state index < -0.39 is 0 Å². The Kier molecular flexibility index (Phi) is 2.29. The van der Waals surface area contributed by atoms with Gasteiger partial charge in [0.15, 0.2) is 0 Å².